The van der Waals surface area contributed by atoms with Crippen LogP contribution in [0.4, 0.5) is 4.39 Å². The fraction of sp³-hybridized carbons (Fsp3) is 1.00. The van der Waals surface area contributed by atoms with Gasteiger partial charge in [0.15, 0.2) is 0 Å². The van der Waals surface area contributed by atoms with Crippen molar-refractivity contribution in [1.82, 2.24) is 5.32 Å². The quantitative estimate of drug-likeness (QED) is 0.661. The van der Waals surface area contributed by atoms with Crippen LogP contribution in [-0.4, -0.2) is 19.3 Å². The first-order valence-electron chi connectivity index (χ1n) is 4.53. The van der Waals surface area contributed by atoms with Crippen molar-refractivity contribution in [3.63, 3.8) is 0 Å². The molecule has 2 heteroatoms. The first-order valence-corrected chi connectivity index (χ1v) is 4.53. The van der Waals surface area contributed by atoms with Crippen molar-refractivity contribution < 1.29 is 4.39 Å². The maximum atomic E-state index is 13.1. The molecule has 1 aliphatic heterocycles. The highest BCUT2D eigenvalue weighted by atomic mass is 19.1. The summed E-state index contributed by atoms with van der Waals surface area (Å²) in [5.41, 5.74) is 0. The van der Waals surface area contributed by atoms with Crippen molar-refractivity contribution in [2.45, 2.75) is 32.9 Å². The molecular formula is C9H18FN. The third-order valence-electron chi connectivity index (χ3n) is 2.18. The van der Waals surface area contributed by atoms with Crippen LogP contribution in [-0.2, 0) is 0 Å². The third kappa shape index (κ3) is 3.19. The molecule has 0 bridgehead atoms. The molecule has 11 heavy (non-hydrogen) atoms. The van der Waals surface area contributed by atoms with Crippen molar-refractivity contribution in [3.05, 3.63) is 0 Å². The maximum absolute atomic E-state index is 13.1. The van der Waals surface area contributed by atoms with Crippen LogP contribution >= 0.6 is 0 Å². The largest absolute Gasteiger partial charge is 0.316 e. The summed E-state index contributed by atoms with van der Waals surface area (Å²) in [6, 6.07) is 0. The molecule has 1 atom stereocenters. The number of nitrogens with one attached hydrogen (secondary N) is 1. The highest BCUT2D eigenvalue weighted by Crippen LogP contribution is 2.18. The minimum Gasteiger partial charge on any atom is -0.316 e. The van der Waals surface area contributed by atoms with E-state index in [1.165, 1.54) is 0 Å². The van der Waals surface area contributed by atoms with Gasteiger partial charge in [-0.05, 0) is 37.8 Å². The molecule has 1 aliphatic rings. The van der Waals surface area contributed by atoms with E-state index in [2.05, 4.69) is 19.2 Å². The summed E-state index contributed by atoms with van der Waals surface area (Å²) < 4.78 is 13.1. The standard InChI is InChI=1S/C9H18FN/c1-7(2)3-9(10)4-8-5-11-6-8/h7-9,11H,3-6H2,1-2H3. The highest BCUT2D eigenvalue weighted by molar-refractivity contribution is 4.77. The zero-order valence-electron chi connectivity index (χ0n) is 7.44. The lowest BCUT2D eigenvalue weighted by Crippen LogP contribution is -2.43. The van der Waals surface area contributed by atoms with E-state index >= 15 is 0 Å². The maximum Gasteiger partial charge on any atom is 0.101 e. The number of alkyl halides is 1. The van der Waals surface area contributed by atoms with Gasteiger partial charge < -0.3 is 5.32 Å². The van der Waals surface area contributed by atoms with Gasteiger partial charge >= 0.3 is 0 Å². The molecule has 1 rings (SSSR count). The van der Waals surface area contributed by atoms with Gasteiger partial charge in [0.2, 0.25) is 0 Å². The van der Waals surface area contributed by atoms with E-state index < -0.39 is 6.17 Å². The van der Waals surface area contributed by atoms with E-state index in [0.717, 1.165) is 25.9 Å². The summed E-state index contributed by atoms with van der Waals surface area (Å²) in [5, 5.41) is 3.15. The van der Waals surface area contributed by atoms with Crippen LogP contribution in [0, 0.1) is 11.8 Å². The van der Waals surface area contributed by atoms with E-state index in [-0.39, 0.29) is 0 Å². The van der Waals surface area contributed by atoms with Gasteiger partial charge in [-0.3, -0.25) is 0 Å². The Morgan fingerprint density at radius 2 is 2.09 bits per heavy atom. The van der Waals surface area contributed by atoms with Crippen LogP contribution in [0.5, 0.6) is 0 Å². The number of hydrogen-bond donors (Lipinski definition) is 1. The second-order valence-corrected chi connectivity index (χ2v) is 3.99. The monoisotopic (exact) mass is 159 g/mol. The summed E-state index contributed by atoms with van der Waals surface area (Å²) in [5.74, 6) is 1.11. The van der Waals surface area contributed by atoms with E-state index in [1.54, 1.807) is 0 Å². The second-order valence-electron chi connectivity index (χ2n) is 3.99. The number of rotatable bonds is 4. The Balaban J connectivity index is 2.04. The minimum absolute atomic E-state index is 0.498. The van der Waals surface area contributed by atoms with Crippen molar-refractivity contribution in [2.24, 2.45) is 11.8 Å². The van der Waals surface area contributed by atoms with E-state index in [1.807, 2.05) is 0 Å². The van der Waals surface area contributed by atoms with E-state index in [9.17, 15) is 4.39 Å². The summed E-state index contributed by atoms with van der Waals surface area (Å²) in [6.07, 6.45) is 0.934. The lowest BCUT2D eigenvalue weighted by molar-refractivity contribution is 0.198. The molecule has 0 aromatic rings. The van der Waals surface area contributed by atoms with Crippen molar-refractivity contribution >= 4 is 0 Å². The Morgan fingerprint density at radius 1 is 1.45 bits per heavy atom. The van der Waals surface area contributed by atoms with Crippen LogP contribution in [0.25, 0.3) is 0 Å². The smallest absolute Gasteiger partial charge is 0.101 e. The van der Waals surface area contributed by atoms with Gasteiger partial charge in [0.25, 0.3) is 0 Å². The molecule has 0 radical (unpaired) electrons. The highest BCUT2D eigenvalue weighted by Gasteiger charge is 2.21. The predicted octanol–water partition coefficient (Wildman–Crippen LogP) is 1.98. The topological polar surface area (TPSA) is 12.0 Å². The Bertz CT molecular complexity index is 110. The van der Waals surface area contributed by atoms with Gasteiger partial charge in [-0.15, -0.1) is 0 Å². The van der Waals surface area contributed by atoms with Gasteiger partial charge in [0.05, 0.1) is 0 Å². The minimum atomic E-state index is -0.568. The average Bonchev–Trinajstić information content (AvgIpc) is 1.77. The molecule has 0 spiro atoms. The Labute approximate surface area is 68.4 Å². The van der Waals surface area contributed by atoms with E-state index in [4.69, 9.17) is 0 Å². The summed E-state index contributed by atoms with van der Waals surface area (Å²) in [6.45, 7) is 6.20. The Kier molecular flexibility index (Phi) is 3.31. The van der Waals surface area contributed by atoms with E-state index in [0.29, 0.717) is 11.8 Å². The number of hydrogen-bond acceptors (Lipinski definition) is 1. The molecule has 0 amide bonds. The molecule has 1 fully saturated rings. The molecule has 1 N–H and O–H groups in total. The van der Waals surface area contributed by atoms with Gasteiger partial charge in [-0.2, -0.15) is 0 Å². The summed E-state index contributed by atoms with van der Waals surface area (Å²) >= 11 is 0. The Morgan fingerprint density at radius 3 is 2.45 bits per heavy atom. The van der Waals surface area contributed by atoms with Gasteiger partial charge in [0.1, 0.15) is 6.17 Å². The molecule has 1 nitrogen and oxygen atoms in total. The van der Waals surface area contributed by atoms with Gasteiger partial charge in [-0.25, -0.2) is 4.39 Å². The summed E-state index contributed by atoms with van der Waals surface area (Å²) in [7, 11) is 0. The fourth-order valence-corrected chi connectivity index (χ4v) is 1.48. The molecular weight excluding hydrogens is 141 g/mol. The molecule has 0 aromatic heterocycles. The molecule has 1 saturated heterocycles. The van der Waals surface area contributed by atoms with Crippen LogP contribution in [0.1, 0.15) is 26.7 Å². The lowest BCUT2D eigenvalue weighted by atomic mass is 9.93. The Hall–Kier alpha value is -0.110. The molecule has 1 unspecified atom stereocenters. The van der Waals surface area contributed by atoms with Crippen LogP contribution in [0.3, 0.4) is 0 Å². The average molecular weight is 159 g/mol. The van der Waals surface area contributed by atoms with Crippen LogP contribution in [0.2, 0.25) is 0 Å². The summed E-state index contributed by atoms with van der Waals surface area (Å²) in [4.78, 5) is 0. The van der Waals surface area contributed by atoms with Gasteiger partial charge in [-0.1, -0.05) is 13.8 Å². The molecule has 0 aromatic carbocycles. The van der Waals surface area contributed by atoms with Gasteiger partial charge in [0, 0.05) is 0 Å². The van der Waals surface area contributed by atoms with Crippen molar-refractivity contribution in [2.75, 3.05) is 13.1 Å². The fourth-order valence-electron chi connectivity index (χ4n) is 1.48. The first-order chi connectivity index (χ1) is 5.18. The van der Waals surface area contributed by atoms with Crippen LogP contribution in [0.15, 0.2) is 0 Å². The van der Waals surface area contributed by atoms with Crippen molar-refractivity contribution in [1.29, 1.82) is 0 Å². The lowest BCUT2D eigenvalue weighted by Gasteiger charge is -2.28. The first kappa shape index (κ1) is 8.98. The number of halogens is 1. The third-order valence-corrected chi connectivity index (χ3v) is 2.18. The van der Waals surface area contributed by atoms with Crippen LogP contribution < -0.4 is 5.32 Å². The van der Waals surface area contributed by atoms with Crippen molar-refractivity contribution in [3.8, 4) is 0 Å². The SMILES string of the molecule is CC(C)CC(F)CC1CNC1. The normalized spacial score (nSPS) is 21.8. The molecule has 0 saturated carbocycles. The molecule has 1 heterocycles. The zero-order chi connectivity index (χ0) is 8.27. The predicted molar refractivity (Wildman–Crippen MR) is 45.3 cm³/mol. The molecule has 66 valence electrons. The zero-order valence-corrected chi connectivity index (χ0v) is 7.44. The second kappa shape index (κ2) is 4.05. The molecule has 0 aliphatic carbocycles.